The van der Waals surface area contributed by atoms with Gasteiger partial charge >= 0.3 is 11.9 Å². The second-order valence-corrected chi connectivity index (χ2v) is 8.88. The van der Waals surface area contributed by atoms with Gasteiger partial charge in [-0.2, -0.15) is 0 Å². The first-order valence-corrected chi connectivity index (χ1v) is 11.6. The topological polar surface area (TPSA) is 87.0 Å². The lowest BCUT2D eigenvalue weighted by Crippen LogP contribution is -2.39. The Bertz CT molecular complexity index is 1460. The van der Waals surface area contributed by atoms with Crippen molar-refractivity contribution in [3.8, 4) is 5.75 Å². The van der Waals surface area contributed by atoms with Gasteiger partial charge in [0.05, 0.1) is 28.5 Å². The molecule has 2 heterocycles. The Morgan fingerprint density at radius 3 is 2.38 bits per heavy atom. The summed E-state index contributed by atoms with van der Waals surface area (Å²) in [7, 11) is 0. The molecule has 2 aromatic carbocycles. The van der Waals surface area contributed by atoms with Gasteiger partial charge in [-0.25, -0.2) is 9.79 Å². The van der Waals surface area contributed by atoms with Crippen LogP contribution in [0.4, 0.5) is 0 Å². The SMILES string of the molecule is CCOC(=O)C1=C(C)N=c2sc(=Cc3ccc(C)cc3)c(=O)n2C1c1ccc(OC(C)=O)cc1. The van der Waals surface area contributed by atoms with Gasteiger partial charge in [-0.1, -0.05) is 53.3 Å². The van der Waals surface area contributed by atoms with Crippen LogP contribution >= 0.6 is 11.3 Å². The van der Waals surface area contributed by atoms with Crippen LogP contribution in [0, 0.1) is 6.92 Å². The van der Waals surface area contributed by atoms with E-state index in [0.717, 1.165) is 11.1 Å². The number of carbonyl (C=O) groups excluding carboxylic acids is 2. The summed E-state index contributed by atoms with van der Waals surface area (Å²) in [6, 6.07) is 13.9. The summed E-state index contributed by atoms with van der Waals surface area (Å²) in [5, 5.41) is 0. The molecule has 3 aromatic rings. The number of allylic oxidation sites excluding steroid dienone is 1. The van der Waals surface area contributed by atoms with Crippen molar-refractivity contribution in [3.05, 3.63) is 96.2 Å². The fraction of sp³-hybridized carbons (Fsp3) is 0.231. The second-order valence-electron chi connectivity index (χ2n) is 7.88. The lowest BCUT2D eigenvalue weighted by Gasteiger charge is -2.24. The number of aromatic nitrogens is 1. The van der Waals surface area contributed by atoms with Crippen molar-refractivity contribution in [2.75, 3.05) is 6.61 Å². The number of aryl methyl sites for hydroxylation is 1. The van der Waals surface area contributed by atoms with Crippen molar-refractivity contribution in [1.82, 2.24) is 4.57 Å². The molecule has 4 rings (SSSR count). The quantitative estimate of drug-likeness (QED) is 0.417. The molecule has 1 aliphatic heterocycles. The fourth-order valence-electron chi connectivity index (χ4n) is 3.81. The molecule has 1 atom stereocenters. The van der Waals surface area contributed by atoms with Crippen molar-refractivity contribution < 1.29 is 19.1 Å². The average Bonchev–Trinajstić information content (AvgIpc) is 3.09. The normalized spacial score (nSPS) is 15.5. The molecule has 1 unspecified atom stereocenters. The van der Waals surface area contributed by atoms with Gasteiger partial charge in [-0.05, 0) is 50.1 Å². The predicted octanol–water partition coefficient (Wildman–Crippen LogP) is 3.03. The van der Waals surface area contributed by atoms with Crippen LogP contribution in [0.5, 0.6) is 5.75 Å². The van der Waals surface area contributed by atoms with Crippen LogP contribution in [-0.2, 0) is 14.3 Å². The third-order valence-corrected chi connectivity index (χ3v) is 6.33. The third-order valence-electron chi connectivity index (χ3n) is 5.35. The van der Waals surface area contributed by atoms with Crippen molar-refractivity contribution in [2.24, 2.45) is 4.99 Å². The highest BCUT2D eigenvalue weighted by Gasteiger charge is 2.33. The van der Waals surface area contributed by atoms with Crippen LogP contribution in [0.3, 0.4) is 0 Å². The number of rotatable bonds is 5. The standard InChI is InChI=1S/C26H24N2O5S/c1-5-32-25(31)22-16(3)27-26-28(23(22)19-10-12-20(13-11-19)33-17(4)29)24(30)21(34-26)14-18-8-6-15(2)7-9-18/h6-14,23H,5H2,1-4H3. The molecule has 8 heteroatoms. The molecule has 1 aliphatic rings. The number of benzene rings is 2. The highest BCUT2D eigenvalue weighted by atomic mass is 32.1. The Labute approximate surface area is 200 Å². The molecule has 0 bridgehead atoms. The van der Waals surface area contributed by atoms with E-state index < -0.39 is 18.0 Å². The van der Waals surface area contributed by atoms with Gasteiger partial charge in [0.25, 0.3) is 5.56 Å². The Hall–Kier alpha value is -3.78. The lowest BCUT2D eigenvalue weighted by molar-refractivity contribution is -0.139. The minimum Gasteiger partial charge on any atom is -0.463 e. The van der Waals surface area contributed by atoms with E-state index in [4.69, 9.17) is 9.47 Å². The minimum absolute atomic E-state index is 0.200. The van der Waals surface area contributed by atoms with Gasteiger partial charge in [-0.15, -0.1) is 0 Å². The van der Waals surface area contributed by atoms with Crippen LogP contribution in [0.25, 0.3) is 6.08 Å². The summed E-state index contributed by atoms with van der Waals surface area (Å²) in [5.74, 6) is -0.577. The molecule has 0 saturated heterocycles. The summed E-state index contributed by atoms with van der Waals surface area (Å²) < 4.78 is 12.5. The summed E-state index contributed by atoms with van der Waals surface area (Å²) >= 11 is 1.27. The average molecular weight is 477 g/mol. The Morgan fingerprint density at radius 1 is 1.09 bits per heavy atom. The Morgan fingerprint density at radius 2 is 1.76 bits per heavy atom. The van der Waals surface area contributed by atoms with Gasteiger partial charge in [-0.3, -0.25) is 14.2 Å². The van der Waals surface area contributed by atoms with Crippen LogP contribution < -0.4 is 19.6 Å². The van der Waals surface area contributed by atoms with Crippen molar-refractivity contribution in [1.29, 1.82) is 0 Å². The largest absolute Gasteiger partial charge is 0.463 e. The first-order chi connectivity index (χ1) is 16.3. The minimum atomic E-state index is -0.721. The number of nitrogens with zero attached hydrogens (tertiary/aromatic N) is 2. The molecule has 7 nitrogen and oxygen atoms in total. The first-order valence-electron chi connectivity index (χ1n) is 10.8. The molecule has 0 amide bonds. The molecule has 0 N–H and O–H groups in total. The summed E-state index contributed by atoms with van der Waals surface area (Å²) in [4.78, 5) is 42.8. The van der Waals surface area contributed by atoms with E-state index in [1.54, 1.807) is 38.1 Å². The van der Waals surface area contributed by atoms with E-state index in [2.05, 4.69) is 4.99 Å². The van der Waals surface area contributed by atoms with E-state index in [-0.39, 0.29) is 12.2 Å². The van der Waals surface area contributed by atoms with E-state index in [1.807, 2.05) is 37.3 Å². The smallest absolute Gasteiger partial charge is 0.338 e. The third kappa shape index (κ3) is 4.63. The molecule has 0 saturated carbocycles. The van der Waals surface area contributed by atoms with Gasteiger partial charge in [0.1, 0.15) is 5.75 Å². The van der Waals surface area contributed by atoms with E-state index in [9.17, 15) is 14.4 Å². The maximum Gasteiger partial charge on any atom is 0.338 e. The van der Waals surface area contributed by atoms with Crippen LogP contribution in [0.15, 0.2) is 69.6 Å². The number of hydrogen-bond donors (Lipinski definition) is 0. The van der Waals surface area contributed by atoms with Crippen molar-refractivity contribution in [3.63, 3.8) is 0 Å². The highest BCUT2D eigenvalue weighted by Crippen LogP contribution is 2.31. The van der Waals surface area contributed by atoms with Crippen LogP contribution in [0.2, 0.25) is 0 Å². The van der Waals surface area contributed by atoms with E-state index in [1.165, 1.54) is 22.8 Å². The fourth-order valence-corrected chi connectivity index (χ4v) is 4.85. The van der Waals surface area contributed by atoms with E-state index in [0.29, 0.717) is 31.9 Å². The molecular weight excluding hydrogens is 452 g/mol. The van der Waals surface area contributed by atoms with Gasteiger partial charge in [0, 0.05) is 6.92 Å². The maximum absolute atomic E-state index is 13.6. The van der Waals surface area contributed by atoms with Crippen LogP contribution in [0.1, 0.15) is 43.5 Å². The maximum atomic E-state index is 13.6. The summed E-state index contributed by atoms with van der Waals surface area (Å²) in [5.41, 5.74) is 3.26. The Balaban J connectivity index is 1.89. The molecule has 0 spiro atoms. The molecule has 1 aromatic heterocycles. The van der Waals surface area contributed by atoms with Crippen LogP contribution in [-0.4, -0.2) is 23.1 Å². The highest BCUT2D eigenvalue weighted by molar-refractivity contribution is 7.07. The van der Waals surface area contributed by atoms with Crippen molar-refractivity contribution >= 4 is 29.4 Å². The molecule has 0 fully saturated rings. The lowest BCUT2D eigenvalue weighted by atomic mass is 9.96. The summed E-state index contributed by atoms with van der Waals surface area (Å²) in [6.45, 7) is 7.00. The van der Waals surface area contributed by atoms with Crippen molar-refractivity contribution in [2.45, 2.75) is 33.7 Å². The summed E-state index contributed by atoms with van der Waals surface area (Å²) in [6.07, 6.45) is 1.83. The zero-order chi connectivity index (χ0) is 24.4. The first kappa shape index (κ1) is 23.4. The molecule has 34 heavy (non-hydrogen) atoms. The van der Waals surface area contributed by atoms with Gasteiger partial charge < -0.3 is 9.47 Å². The second kappa shape index (κ2) is 9.61. The number of fused-ring (bicyclic) bond motifs is 1. The number of hydrogen-bond acceptors (Lipinski definition) is 7. The Kier molecular flexibility index (Phi) is 6.61. The molecule has 174 valence electrons. The van der Waals surface area contributed by atoms with Gasteiger partial charge in [0.2, 0.25) is 0 Å². The van der Waals surface area contributed by atoms with Gasteiger partial charge in [0.15, 0.2) is 4.80 Å². The number of esters is 2. The number of ether oxygens (including phenoxy) is 2. The zero-order valence-corrected chi connectivity index (χ0v) is 20.1. The molecular formula is C26H24N2O5S. The number of carbonyl (C=O) groups is 2. The predicted molar refractivity (Wildman–Crippen MR) is 129 cm³/mol. The molecule has 0 aliphatic carbocycles. The molecule has 0 radical (unpaired) electrons. The van der Waals surface area contributed by atoms with E-state index >= 15 is 0 Å². The monoisotopic (exact) mass is 476 g/mol. The number of thiazole rings is 1. The zero-order valence-electron chi connectivity index (χ0n) is 19.3.